The second-order valence-electron chi connectivity index (χ2n) is 5.73. The lowest BCUT2D eigenvalue weighted by Gasteiger charge is -2.26. The number of sulfonamides is 1. The zero-order valence-corrected chi connectivity index (χ0v) is 16.0. The van der Waals surface area contributed by atoms with Crippen molar-refractivity contribution >= 4 is 33.4 Å². The molecular formula is C18H20N2O4S2. The Morgan fingerprint density at radius 2 is 1.81 bits per heavy atom. The first-order valence-corrected chi connectivity index (χ1v) is 10.8. The number of carbonyl (C=O) groups excluding carboxylic acids is 1. The van der Waals surface area contributed by atoms with Gasteiger partial charge in [0.2, 0.25) is 10.0 Å². The largest absolute Gasteiger partial charge is 0.379 e. The van der Waals surface area contributed by atoms with Crippen LogP contribution in [-0.2, 0) is 14.8 Å². The van der Waals surface area contributed by atoms with Crippen LogP contribution in [0.1, 0.15) is 10.4 Å². The Morgan fingerprint density at radius 1 is 1.12 bits per heavy atom. The number of morpholine rings is 1. The van der Waals surface area contributed by atoms with Crippen molar-refractivity contribution < 1.29 is 17.9 Å². The van der Waals surface area contributed by atoms with Crippen LogP contribution in [0.25, 0.3) is 0 Å². The minimum Gasteiger partial charge on any atom is -0.379 e. The quantitative estimate of drug-likeness (QED) is 0.792. The fourth-order valence-electron chi connectivity index (χ4n) is 2.62. The van der Waals surface area contributed by atoms with Gasteiger partial charge in [-0.1, -0.05) is 6.07 Å². The van der Waals surface area contributed by atoms with E-state index in [9.17, 15) is 13.2 Å². The van der Waals surface area contributed by atoms with E-state index < -0.39 is 10.0 Å². The van der Waals surface area contributed by atoms with Gasteiger partial charge >= 0.3 is 0 Å². The first kappa shape index (κ1) is 18.9. The van der Waals surface area contributed by atoms with E-state index in [2.05, 4.69) is 5.32 Å². The van der Waals surface area contributed by atoms with Crippen molar-refractivity contribution in [3.63, 3.8) is 0 Å². The van der Waals surface area contributed by atoms with Crippen molar-refractivity contribution in [2.24, 2.45) is 0 Å². The minimum absolute atomic E-state index is 0.181. The van der Waals surface area contributed by atoms with E-state index in [1.807, 2.05) is 30.5 Å². The zero-order valence-electron chi connectivity index (χ0n) is 14.3. The molecule has 0 bridgehead atoms. The number of anilines is 1. The summed E-state index contributed by atoms with van der Waals surface area (Å²) in [6.45, 7) is 1.48. The Hall–Kier alpha value is -1.87. The molecule has 0 radical (unpaired) electrons. The van der Waals surface area contributed by atoms with Crippen LogP contribution in [0.3, 0.4) is 0 Å². The number of nitrogens with one attached hydrogen (secondary N) is 1. The number of carbonyl (C=O) groups is 1. The monoisotopic (exact) mass is 392 g/mol. The molecule has 0 atom stereocenters. The molecule has 3 rings (SSSR count). The Morgan fingerprint density at radius 3 is 2.46 bits per heavy atom. The predicted octanol–water partition coefficient (Wildman–Crippen LogP) is 2.68. The van der Waals surface area contributed by atoms with Gasteiger partial charge in [-0.3, -0.25) is 4.79 Å². The SMILES string of the molecule is CSc1cccc(NC(=O)c2ccc(S(=O)(=O)N3CCOCC3)cc2)c1. The van der Waals surface area contributed by atoms with Crippen LogP contribution in [-0.4, -0.2) is 51.2 Å². The zero-order chi connectivity index (χ0) is 18.6. The third-order valence-corrected chi connectivity index (χ3v) is 6.69. The molecule has 6 nitrogen and oxygen atoms in total. The molecule has 0 aliphatic carbocycles. The molecule has 0 unspecified atom stereocenters. The molecule has 1 saturated heterocycles. The van der Waals surface area contributed by atoms with Gasteiger partial charge in [0.05, 0.1) is 18.1 Å². The van der Waals surface area contributed by atoms with Gasteiger partial charge in [0.25, 0.3) is 5.91 Å². The third-order valence-electron chi connectivity index (χ3n) is 4.05. The summed E-state index contributed by atoms with van der Waals surface area (Å²) in [5.74, 6) is -0.279. The molecule has 1 N–H and O–H groups in total. The highest BCUT2D eigenvalue weighted by Gasteiger charge is 2.26. The highest BCUT2D eigenvalue weighted by Crippen LogP contribution is 2.21. The average Bonchev–Trinajstić information content (AvgIpc) is 2.69. The second-order valence-corrected chi connectivity index (χ2v) is 8.54. The van der Waals surface area contributed by atoms with Gasteiger partial charge in [-0.05, 0) is 48.7 Å². The van der Waals surface area contributed by atoms with Gasteiger partial charge in [-0.25, -0.2) is 8.42 Å². The van der Waals surface area contributed by atoms with Crippen LogP contribution in [0.5, 0.6) is 0 Å². The number of thioether (sulfide) groups is 1. The molecule has 0 aromatic heterocycles. The molecule has 138 valence electrons. The van der Waals surface area contributed by atoms with Gasteiger partial charge in [0.1, 0.15) is 0 Å². The van der Waals surface area contributed by atoms with E-state index in [0.717, 1.165) is 4.90 Å². The number of amides is 1. The summed E-state index contributed by atoms with van der Waals surface area (Å²) < 4.78 is 31.8. The van der Waals surface area contributed by atoms with Crippen LogP contribution < -0.4 is 5.32 Å². The number of benzene rings is 2. The van der Waals surface area contributed by atoms with Crippen molar-refractivity contribution in [2.45, 2.75) is 9.79 Å². The first-order chi connectivity index (χ1) is 12.5. The lowest BCUT2D eigenvalue weighted by Crippen LogP contribution is -2.40. The third kappa shape index (κ3) is 4.27. The fourth-order valence-corrected chi connectivity index (χ4v) is 4.49. The molecule has 26 heavy (non-hydrogen) atoms. The molecule has 2 aromatic rings. The Balaban J connectivity index is 1.73. The molecule has 0 saturated carbocycles. The molecule has 1 fully saturated rings. The maximum absolute atomic E-state index is 12.6. The summed E-state index contributed by atoms with van der Waals surface area (Å²) in [5.41, 5.74) is 1.10. The Labute approximate surface area is 157 Å². The molecule has 1 amide bonds. The van der Waals surface area contributed by atoms with Crippen LogP contribution >= 0.6 is 11.8 Å². The van der Waals surface area contributed by atoms with Gasteiger partial charge in [-0.15, -0.1) is 11.8 Å². The Kier molecular flexibility index (Phi) is 5.98. The minimum atomic E-state index is -3.55. The highest BCUT2D eigenvalue weighted by molar-refractivity contribution is 7.98. The lowest BCUT2D eigenvalue weighted by molar-refractivity contribution is 0.0730. The smallest absolute Gasteiger partial charge is 0.255 e. The number of hydrogen-bond donors (Lipinski definition) is 1. The molecule has 0 spiro atoms. The van der Waals surface area contributed by atoms with E-state index in [4.69, 9.17) is 4.74 Å². The molecule has 2 aromatic carbocycles. The number of nitrogens with zero attached hydrogens (tertiary/aromatic N) is 1. The summed E-state index contributed by atoms with van der Waals surface area (Å²) in [4.78, 5) is 13.6. The topological polar surface area (TPSA) is 75.7 Å². The summed E-state index contributed by atoms with van der Waals surface area (Å²) in [6, 6.07) is 13.5. The molecule has 8 heteroatoms. The normalized spacial score (nSPS) is 15.6. The maximum Gasteiger partial charge on any atom is 0.255 e. The average molecular weight is 393 g/mol. The number of ether oxygens (including phenoxy) is 1. The van der Waals surface area contributed by atoms with E-state index in [1.54, 1.807) is 11.8 Å². The molecular weight excluding hydrogens is 372 g/mol. The van der Waals surface area contributed by atoms with Gasteiger partial charge in [-0.2, -0.15) is 4.31 Å². The van der Waals surface area contributed by atoms with Gasteiger partial charge in [0, 0.05) is 29.2 Å². The number of rotatable bonds is 5. The van der Waals surface area contributed by atoms with E-state index in [-0.39, 0.29) is 10.8 Å². The summed E-state index contributed by atoms with van der Waals surface area (Å²) in [5, 5.41) is 2.83. The second kappa shape index (κ2) is 8.22. The van der Waals surface area contributed by atoms with Gasteiger partial charge in [0.15, 0.2) is 0 Å². The van der Waals surface area contributed by atoms with Crippen LogP contribution in [0, 0.1) is 0 Å². The van der Waals surface area contributed by atoms with E-state index in [0.29, 0.717) is 37.6 Å². The molecule has 1 aliphatic heterocycles. The first-order valence-electron chi connectivity index (χ1n) is 8.14. The van der Waals surface area contributed by atoms with Crippen molar-refractivity contribution in [3.8, 4) is 0 Å². The van der Waals surface area contributed by atoms with E-state index >= 15 is 0 Å². The standard InChI is InChI=1S/C18H20N2O4S2/c1-25-16-4-2-3-15(13-16)19-18(21)14-5-7-17(8-6-14)26(22,23)20-9-11-24-12-10-20/h2-8,13H,9-12H2,1H3,(H,19,21). The van der Waals surface area contributed by atoms with Crippen molar-refractivity contribution in [2.75, 3.05) is 37.9 Å². The van der Waals surface area contributed by atoms with Crippen LogP contribution in [0.15, 0.2) is 58.3 Å². The molecule has 1 heterocycles. The lowest BCUT2D eigenvalue weighted by atomic mass is 10.2. The molecule has 1 aliphatic rings. The van der Waals surface area contributed by atoms with E-state index in [1.165, 1.54) is 28.6 Å². The maximum atomic E-state index is 12.6. The summed E-state index contributed by atoms with van der Waals surface area (Å²) in [6.07, 6.45) is 1.97. The summed E-state index contributed by atoms with van der Waals surface area (Å²) >= 11 is 1.59. The van der Waals surface area contributed by atoms with Crippen molar-refractivity contribution in [1.29, 1.82) is 0 Å². The van der Waals surface area contributed by atoms with Crippen LogP contribution in [0.2, 0.25) is 0 Å². The van der Waals surface area contributed by atoms with Crippen molar-refractivity contribution in [3.05, 3.63) is 54.1 Å². The fraction of sp³-hybridized carbons (Fsp3) is 0.278. The van der Waals surface area contributed by atoms with Crippen molar-refractivity contribution in [1.82, 2.24) is 4.31 Å². The highest BCUT2D eigenvalue weighted by atomic mass is 32.2. The number of hydrogen-bond acceptors (Lipinski definition) is 5. The Bertz CT molecular complexity index is 876. The van der Waals surface area contributed by atoms with Crippen LogP contribution in [0.4, 0.5) is 5.69 Å². The summed E-state index contributed by atoms with van der Waals surface area (Å²) in [7, 11) is -3.55. The predicted molar refractivity (Wildman–Crippen MR) is 102 cm³/mol. The van der Waals surface area contributed by atoms with Gasteiger partial charge < -0.3 is 10.1 Å².